The van der Waals surface area contributed by atoms with Gasteiger partial charge in [-0.25, -0.2) is 0 Å². The summed E-state index contributed by atoms with van der Waals surface area (Å²) < 4.78 is 5.29. The van der Waals surface area contributed by atoms with Gasteiger partial charge in [-0.2, -0.15) is 15.4 Å². The molecule has 4 rings (SSSR count). The highest BCUT2D eigenvalue weighted by atomic mass is 16.5. The predicted molar refractivity (Wildman–Crippen MR) is 93.5 cm³/mol. The number of amides is 1. The van der Waals surface area contributed by atoms with E-state index < -0.39 is 0 Å². The minimum atomic E-state index is -0.105. The van der Waals surface area contributed by atoms with Gasteiger partial charge >= 0.3 is 0 Å². The molecule has 1 aliphatic rings. The maximum atomic E-state index is 12.8. The second-order valence-corrected chi connectivity index (χ2v) is 6.28. The first-order chi connectivity index (χ1) is 12.2. The first kappa shape index (κ1) is 15.6. The zero-order valence-electron chi connectivity index (χ0n) is 13.8. The fourth-order valence-corrected chi connectivity index (χ4v) is 3.38. The third-order valence-corrected chi connectivity index (χ3v) is 4.74. The third-order valence-electron chi connectivity index (χ3n) is 4.74. The van der Waals surface area contributed by atoms with Crippen LogP contribution in [0.15, 0.2) is 42.5 Å². The standard InChI is InChI=1S/C18H19N5O2/c1-25-13-4-2-3-11(7-13)14-9-23(10-15(14)19)18(24)12-5-6-16-17(8-12)21-22-20-16/h2-8,14-15H,9-10,19H2,1H3,(H,20,21,22)/t14-,15+/m1/s1. The molecular weight excluding hydrogens is 318 g/mol. The van der Waals surface area contributed by atoms with Crippen molar-refractivity contribution in [2.45, 2.75) is 12.0 Å². The molecule has 2 aromatic carbocycles. The molecule has 7 heteroatoms. The molecule has 0 bridgehead atoms. The maximum absolute atomic E-state index is 12.8. The number of benzene rings is 2. The van der Waals surface area contributed by atoms with Crippen molar-refractivity contribution in [2.75, 3.05) is 20.2 Å². The Hall–Kier alpha value is -2.93. The normalized spacial score (nSPS) is 20.2. The number of carbonyl (C=O) groups excluding carboxylic acids is 1. The van der Waals surface area contributed by atoms with Crippen molar-refractivity contribution in [1.82, 2.24) is 20.3 Å². The molecule has 7 nitrogen and oxygen atoms in total. The van der Waals surface area contributed by atoms with E-state index in [9.17, 15) is 4.79 Å². The van der Waals surface area contributed by atoms with E-state index in [0.717, 1.165) is 16.8 Å². The number of methoxy groups -OCH3 is 1. The molecule has 0 unspecified atom stereocenters. The number of aromatic amines is 1. The number of fused-ring (bicyclic) bond motifs is 1. The smallest absolute Gasteiger partial charge is 0.254 e. The van der Waals surface area contributed by atoms with Gasteiger partial charge in [-0.05, 0) is 35.9 Å². The lowest BCUT2D eigenvalue weighted by Crippen LogP contribution is -2.32. The number of hydrogen-bond donors (Lipinski definition) is 2. The van der Waals surface area contributed by atoms with Crippen LogP contribution in [0.25, 0.3) is 11.0 Å². The number of H-pyrrole nitrogens is 1. The van der Waals surface area contributed by atoms with Crippen molar-refractivity contribution in [1.29, 1.82) is 0 Å². The number of nitrogens with two attached hydrogens (primary N) is 1. The molecule has 25 heavy (non-hydrogen) atoms. The molecule has 2 atom stereocenters. The Morgan fingerprint density at radius 1 is 1.20 bits per heavy atom. The lowest BCUT2D eigenvalue weighted by atomic mass is 9.95. The minimum absolute atomic E-state index is 0.0363. The van der Waals surface area contributed by atoms with Crippen molar-refractivity contribution < 1.29 is 9.53 Å². The largest absolute Gasteiger partial charge is 0.497 e. The monoisotopic (exact) mass is 337 g/mol. The number of likely N-dealkylation sites (tertiary alicyclic amines) is 1. The van der Waals surface area contributed by atoms with Gasteiger partial charge in [-0.3, -0.25) is 4.79 Å². The van der Waals surface area contributed by atoms with Gasteiger partial charge in [0.1, 0.15) is 16.8 Å². The summed E-state index contributed by atoms with van der Waals surface area (Å²) in [5.41, 5.74) is 9.43. The van der Waals surface area contributed by atoms with E-state index in [1.54, 1.807) is 30.2 Å². The lowest BCUT2D eigenvalue weighted by Gasteiger charge is -2.17. The van der Waals surface area contributed by atoms with E-state index in [2.05, 4.69) is 15.4 Å². The van der Waals surface area contributed by atoms with Crippen molar-refractivity contribution >= 4 is 16.9 Å². The van der Waals surface area contributed by atoms with Crippen LogP contribution in [0.3, 0.4) is 0 Å². The molecule has 1 aromatic heterocycles. The van der Waals surface area contributed by atoms with Crippen LogP contribution in [0.4, 0.5) is 0 Å². The fraction of sp³-hybridized carbons (Fsp3) is 0.278. The number of ether oxygens (including phenoxy) is 1. The topological polar surface area (TPSA) is 97.1 Å². The van der Waals surface area contributed by atoms with Crippen LogP contribution in [0.1, 0.15) is 21.8 Å². The predicted octanol–water partition coefficient (Wildman–Crippen LogP) is 1.53. The SMILES string of the molecule is COc1cccc([C@H]2CN(C(=O)c3ccc4n[nH]nc4c3)C[C@@H]2N)c1. The van der Waals surface area contributed by atoms with E-state index in [-0.39, 0.29) is 17.9 Å². The second-order valence-electron chi connectivity index (χ2n) is 6.28. The quantitative estimate of drug-likeness (QED) is 0.755. The van der Waals surface area contributed by atoms with Crippen LogP contribution in [0.2, 0.25) is 0 Å². The average Bonchev–Trinajstić information content (AvgIpc) is 3.26. The summed E-state index contributed by atoms with van der Waals surface area (Å²) in [4.78, 5) is 14.6. The summed E-state index contributed by atoms with van der Waals surface area (Å²) in [7, 11) is 1.64. The van der Waals surface area contributed by atoms with Gasteiger partial charge in [0.25, 0.3) is 5.91 Å². The Bertz CT molecular complexity index is 922. The number of nitrogens with one attached hydrogen (secondary N) is 1. The number of rotatable bonds is 3. The highest BCUT2D eigenvalue weighted by Crippen LogP contribution is 2.29. The Kier molecular flexibility index (Phi) is 3.85. The molecule has 3 aromatic rings. The number of aromatic nitrogens is 3. The summed E-state index contributed by atoms with van der Waals surface area (Å²) >= 11 is 0. The van der Waals surface area contributed by atoms with Crippen LogP contribution in [0.5, 0.6) is 5.75 Å². The summed E-state index contributed by atoms with van der Waals surface area (Å²) in [6.45, 7) is 1.11. The molecule has 128 valence electrons. The van der Waals surface area contributed by atoms with Crippen LogP contribution in [0, 0.1) is 0 Å². The van der Waals surface area contributed by atoms with E-state index >= 15 is 0 Å². The van der Waals surface area contributed by atoms with Gasteiger partial charge in [0.15, 0.2) is 0 Å². The van der Waals surface area contributed by atoms with Crippen LogP contribution in [-0.2, 0) is 0 Å². The Morgan fingerprint density at radius 3 is 2.88 bits per heavy atom. The number of carbonyl (C=O) groups is 1. The van der Waals surface area contributed by atoms with Crippen molar-refractivity contribution in [3.63, 3.8) is 0 Å². The second kappa shape index (κ2) is 6.18. The molecule has 1 fully saturated rings. The Balaban J connectivity index is 1.56. The number of nitrogens with zero attached hydrogens (tertiary/aromatic N) is 3. The lowest BCUT2D eigenvalue weighted by molar-refractivity contribution is 0.0789. The summed E-state index contributed by atoms with van der Waals surface area (Å²) in [6.07, 6.45) is 0. The zero-order chi connectivity index (χ0) is 17.4. The van der Waals surface area contributed by atoms with E-state index in [1.807, 2.05) is 24.3 Å². The first-order valence-corrected chi connectivity index (χ1v) is 8.15. The van der Waals surface area contributed by atoms with Crippen molar-refractivity contribution in [3.8, 4) is 5.75 Å². The number of hydrogen-bond acceptors (Lipinski definition) is 5. The van der Waals surface area contributed by atoms with Crippen molar-refractivity contribution in [2.24, 2.45) is 5.73 Å². The van der Waals surface area contributed by atoms with Gasteiger partial charge in [-0.1, -0.05) is 12.1 Å². The molecule has 1 saturated heterocycles. The average molecular weight is 337 g/mol. The summed E-state index contributed by atoms with van der Waals surface area (Å²) in [6, 6.07) is 13.1. The molecule has 0 radical (unpaired) electrons. The molecule has 2 heterocycles. The molecule has 1 aliphatic heterocycles. The minimum Gasteiger partial charge on any atom is -0.497 e. The molecule has 1 amide bonds. The van der Waals surface area contributed by atoms with Crippen LogP contribution < -0.4 is 10.5 Å². The van der Waals surface area contributed by atoms with E-state index in [4.69, 9.17) is 10.5 Å². The molecule has 0 saturated carbocycles. The molecule has 3 N–H and O–H groups in total. The molecule has 0 spiro atoms. The van der Waals surface area contributed by atoms with Crippen LogP contribution >= 0.6 is 0 Å². The first-order valence-electron chi connectivity index (χ1n) is 8.15. The zero-order valence-corrected chi connectivity index (χ0v) is 13.8. The summed E-state index contributed by atoms with van der Waals surface area (Å²) in [5, 5.41) is 10.6. The van der Waals surface area contributed by atoms with Crippen molar-refractivity contribution in [3.05, 3.63) is 53.6 Å². The molecule has 0 aliphatic carbocycles. The van der Waals surface area contributed by atoms with Gasteiger partial charge in [-0.15, -0.1) is 0 Å². The highest BCUT2D eigenvalue weighted by molar-refractivity contribution is 5.97. The fourth-order valence-electron chi connectivity index (χ4n) is 3.38. The Morgan fingerprint density at radius 2 is 2.04 bits per heavy atom. The van der Waals surface area contributed by atoms with Gasteiger partial charge in [0.05, 0.1) is 7.11 Å². The molecular formula is C18H19N5O2. The highest BCUT2D eigenvalue weighted by Gasteiger charge is 2.34. The maximum Gasteiger partial charge on any atom is 0.254 e. The third kappa shape index (κ3) is 2.83. The van der Waals surface area contributed by atoms with Gasteiger partial charge in [0.2, 0.25) is 0 Å². The van der Waals surface area contributed by atoms with Gasteiger partial charge < -0.3 is 15.4 Å². The Labute approximate surface area is 144 Å². The van der Waals surface area contributed by atoms with Gasteiger partial charge in [0, 0.05) is 30.6 Å². The van der Waals surface area contributed by atoms with E-state index in [0.29, 0.717) is 24.2 Å². The van der Waals surface area contributed by atoms with Crippen LogP contribution in [-0.4, -0.2) is 52.5 Å². The summed E-state index contributed by atoms with van der Waals surface area (Å²) in [5.74, 6) is 0.853. The van der Waals surface area contributed by atoms with E-state index in [1.165, 1.54) is 0 Å².